The van der Waals surface area contributed by atoms with Crippen LogP contribution in [0.3, 0.4) is 0 Å². The number of rotatable bonds is 4. The van der Waals surface area contributed by atoms with E-state index in [1.807, 2.05) is 0 Å². The number of carbonyl (C=O) groups is 2. The van der Waals surface area contributed by atoms with Crippen molar-refractivity contribution in [1.82, 2.24) is 0 Å². The molecule has 1 amide bonds. The van der Waals surface area contributed by atoms with E-state index >= 15 is 0 Å². The van der Waals surface area contributed by atoms with Crippen molar-refractivity contribution in [2.24, 2.45) is 5.92 Å². The number of sulfone groups is 1. The average molecular weight is 311 g/mol. The number of hydrogen-bond acceptors (Lipinski definition) is 4. The van der Waals surface area contributed by atoms with E-state index in [-0.39, 0.29) is 41.0 Å². The Balaban J connectivity index is 2.06. The van der Waals surface area contributed by atoms with Gasteiger partial charge in [0.15, 0.2) is 9.84 Å². The lowest BCUT2D eigenvalue weighted by atomic mass is 10.0. The van der Waals surface area contributed by atoms with Gasteiger partial charge < -0.3 is 10.4 Å². The first-order chi connectivity index (χ1) is 9.77. The van der Waals surface area contributed by atoms with E-state index < -0.39 is 15.8 Å². The maximum Gasteiger partial charge on any atom is 0.337 e. The Morgan fingerprint density at radius 2 is 2.10 bits per heavy atom. The van der Waals surface area contributed by atoms with Gasteiger partial charge >= 0.3 is 5.97 Å². The second kappa shape index (κ2) is 5.85. The number of carboxylic acids is 1. The van der Waals surface area contributed by atoms with Crippen molar-refractivity contribution in [3.8, 4) is 0 Å². The van der Waals surface area contributed by atoms with Crippen LogP contribution in [0.25, 0.3) is 0 Å². The second-order valence-corrected chi connectivity index (χ2v) is 7.60. The Labute approximate surface area is 123 Å². The summed E-state index contributed by atoms with van der Waals surface area (Å²) in [6, 6.07) is 4.68. The van der Waals surface area contributed by atoms with Gasteiger partial charge in [-0.1, -0.05) is 6.07 Å². The molecule has 0 spiro atoms. The first-order valence-electron chi connectivity index (χ1n) is 6.61. The van der Waals surface area contributed by atoms with E-state index in [2.05, 4.69) is 5.32 Å². The molecular formula is C14H17NO5S. The number of amides is 1. The van der Waals surface area contributed by atoms with Crippen molar-refractivity contribution < 1.29 is 23.1 Å². The van der Waals surface area contributed by atoms with Gasteiger partial charge in [-0.05, 0) is 37.0 Å². The molecule has 6 nitrogen and oxygen atoms in total. The predicted octanol–water partition coefficient (Wildman–Crippen LogP) is 1.46. The summed E-state index contributed by atoms with van der Waals surface area (Å²) in [7, 11) is -3.02. The fourth-order valence-corrected chi connectivity index (χ4v) is 4.31. The van der Waals surface area contributed by atoms with Gasteiger partial charge in [0.25, 0.3) is 0 Å². The van der Waals surface area contributed by atoms with Gasteiger partial charge in [0.05, 0.1) is 22.8 Å². The topological polar surface area (TPSA) is 101 Å². The maximum absolute atomic E-state index is 12.0. The zero-order valence-electron chi connectivity index (χ0n) is 11.6. The standard InChI is InChI=1S/C14H17NO5S/c1-9-2-3-11(14(17)18)12(6-9)15-13(16)7-10-4-5-21(19,20)8-10/h2-3,6,10H,4-5,7-8H2,1H3,(H,15,16)(H,17,18). The average Bonchev–Trinajstić information content (AvgIpc) is 2.67. The predicted molar refractivity (Wildman–Crippen MR) is 78.1 cm³/mol. The van der Waals surface area contributed by atoms with Crippen LogP contribution in [-0.2, 0) is 14.6 Å². The van der Waals surface area contributed by atoms with Crippen molar-refractivity contribution in [2.45, 2.75) is 19.8 Å². The molecule has 1 aliphatic heterocycles. The van der Waals surface area contributed by atoms with E-state index in [0.29, 0.717) is 6.42 Å². The van der Waals surface area contributed by atoms with Gasteiger partial charge in [0.1, 0.15) is 0 Å². The summed E-state index contributed by atoms with van der Waals surface area (Å²) in [5.74, 6) is -1.51. The Morgan fingerprint density at radius 1 is 1.38 bits per heavy atom. The van der Waals surface area contributed by atoms with Crippen LogP contribution >= 0.6 is 0 Å². The minimum Gasteiger partial charge on any atom is -0.478 e. The summed E-state index contributed by atoms with van der Waals surface area (Å²) < 4.78 is 22.7. The molecule has 0 saturated carbocycles. The number of carbonyl (C=O) groups excluding carboxylic acids is 1. The third-order valence-corrected chi connectivity index (χ3v) is 5.32. The Kier molecular flexibility index (Phi) is 4.32. The highest BCUT2D eigenvalue weighted by atomic mass is 32.2. The molecule has 0 bridgehead atoms. The van der Waals surface area contributed by atoms with Gasteiger partial charge in [-0.3, -0.25) is 4.79 Å². The summed E-state index contributed by atoms with van der Waals surface area (Å²) in [6.07, 6.45) is 0.571. The Morgan fingerprint density at radius 3 is 2.67 bits per heavy atom. The molecule has 1 fully saturated rings. The van der Waals surface area contributed by atoms with Gasteiger partial charge in [0.2, 0.25) is 5.91 Å². The second-order valence-electron chi connectivity index (χ2n) is 5.38. The van der Waals surface area contributed by atoms with Crippen LogP contribution in [0.1, 0.15) is 28.8 Å². The third kappa shape index (κ3) is 4.04. The van der Waals surface area contributed by atoms with Crippen molar-refractivity contribution in [1.29, 1.82) is 0 Å². The lowest BCUT2D eigenvalue weighted by Crippen LogP contribution is -2.19. The normalized spacial score (nSPS) is 20.1. The lowest BCUT2D eigenvalue weighted by Gasteiger charge is -2.11. The van der Waals surface area contributed by atoms with Crippen LogP contribution in [-0.4, -0.2) is 36.9 Å². The molecule has 0 aliphatic carbocycles. The van der Waals surface area contributed by atoms with Gasteiger partial charge in [-0.15, -0.1) is 0 Å². The first-order valence-corrected chi connectivity index (χ1v) is 8.43. The molecule has 7 heteroatoms. The number of carboxylic acid groups (broad SMARTS) is 1. The fraction of sp³-hybridized carbons (Fsp3) is 0.429. The monoisotopic (exact) mass is 311 g/mol. The molecule has 2 N–H and O–H groups in total. The SMILES string of the molecule is Cc1ccc(C(=O)O)c(NC(=O)CC2CCS(=O)(=O)C2)c1. The van der Waals surface area contributed by atoms with Crippen LogP contribution in [0.4, 0.5) is 5.69 Å². The molecule has 1 unspecified atom stereocenters. The third-order valence-electron chi connectivity index (χ3n) is 3.48. The van der Waals surface area contributed by atoms with E-state index in [4.69, 9.17) is 5.11 Å². The number of hydrogen-bond donors (Lipinski definition) is 2. The van der Waals surface area contributed by atoms with Gasteiger partial charge in [0, 0.05) is 6.42 Å². The van der Waals surface area contributed by atoms with Crippen molar-refractivity contribution in [3.63, 3.8) is 0 Å². The molecule has 1 atom stereocenters. The van der Waals surface area contributed by atoms with Gasteiger partial charge in [-0.2, -0.15) is 0 Å². The first kappa shape index (κ1) is 15.5. The number of benzene rings is 1. The highest BCUT2D eigenvalue weighted by Gasteiger charge is 2.29. The number of anilines is 1. The number of aromatic carboxylic acids is 1. The molecular weight excluding hydrogens is 294 g/mol. The summed E-state index contributed by atoms with van der Waals surface area (Å²) in [4.78, 5) is 23.1. The number of aryl methyl sites for hydroxylation is 1. The largest absolute Gasteiger partial charge is 0.478 e. The van der Waals surface area contributed by atoms with E-state index in [1.54, 1.807) is 19.1 Å². The summed E-state index contributed by atoms with van der Waals surface area (Å²) in [5.41, 5.74) is 1.10. The van der Waals surface area contributed by atoms with Crippen LogP contribution in [0.5, 0.6) is 0 Å². The zero-order chi connectivity index (χ0) is 15.6. The minimum absolute atomic E-state index is 0.0213. The van der Waals surface area contributed by atoms with E-state index in [0.717, 1.165) is 5.56 Å². The van der Waals surface area contributed by atoms with Crippen LogP contribution in [0, 0.1) is 12.8 Å². The molecule has 0 radical (unpaired) electrons. The molecule has 114 valence electrons. The maximum atomic E-state index is 12.0. The molecule has 1 aromatic rings. The van der Waals surface area contributed by atoms with Crippen LogP contribution in [0.15, 0.2) is 18.2 Å². The Hall–Kier alpha value is -1.89. The molecule has 21 heavy (non-hydrogen) atoms. The number of nitrogens with one attached hydrogen (secondary N) is 1. The van der Waals surface area contributed by atoms with Gasteiger partial charge in [-0.25, -0.2) is 13.2 Å². The molecule has 1 aromatic carbocycles. The fourth-order valence-electron chi connectivity index (χ4n) is 2.44. The lowest BCUT2D eigenvalue weighted by molar-refractivity contribution is -0.116. The molecule has 0 aromatic heterocycles. The smallest absolute Gasteiger partial charge is 0.337 e. The summed E-state index contributed by atoms with van der Waals surface area (Å²) in [6.45, 7) is 1.80. The summed E-state index contributed by atoms with van der Waals surface area (Å²) in [5, 5.41) is 11.7. The van der Waals surface area contributed by atoms with Crippen molar-refractivity contribution >= 4 is 27.4 Å². The molecule has 2 rings (SSSR count). The molecule has 1 heterocycles. The van der Waals surface area contributed by atoms with Crippen LogP contribution < -0.4 is 5.32 Å². The molecule has 1 saturated heterocycles. The highest BCUT2D eigenvalue weighted by molar-refractivity contribution is 7.91. The van der Waals surface area contributed by atoms with Crippen molar-refractivity contribution in [3.05, 3.63) is 29.3 Å². The van der Waals surface area contributed by atoms with Crippen molar-refractivity contribution in [2.75, 3.05) is 16.8 Å². The highest BCUT2D eigenvalue weighted by Crippen LogP contribution is 2.23. The zero-order valence-corrected chi connectivity index (χ0v) is 12.4. The minimum atomic E-state index is -3.02. The molecule has 1 aliphatic rings. The quantitative estimate of drug-likeness (QED) is 0.876. The van der Waals surface area contributed by atoms with E-state index in [9.17, 15) is 18.0 Å². The summed E-state index contributed by atoms with van der Waals surface area (Å²) >= 11 is 0. The van der Waals surface area contributed by atoms with E-state index in [1.165, 1.54) is 6.07 Å². The van der Waals surface area contributed by atoms with Crippen LogP contribution in [0.2, 0.25) is 0 Å². The Bertz CT molecular complexity index is 681.